The summed E-state index contributed by atoms with van der Waals surface area (Å²) in [4.78, 5) is 10.7. The molecule has 0 aliphatic heterocycles. The molecular weight excluding hydrogens is 391 g/mol. The Morgan fingerprint density at radius 3 is 2.30 bits per heavy atom. The maximum Gasteiger partial charge on any atom is 0.322 e. The first-order valence-corrected chi connectivity index (χ1v) is 9.17. The van der Waals surface area contributed by atoms with Crippen molar-refractivity contribution in [3.63, 3.8) is 0 Å². The van der Waals surface area contributed by atoms with E-state index in [0.717, 1.165) is 5.56 Å². The van der Waals surface area contributed by atoms with Crippen molar-refractivity contribution in [3.8, 4) is 5.75 Å². The number of hydrogen-bond acceptors (Lipinski definition) is 5. The molecule has 8 heteroatoms. The molecule has 6 nitrogen and oxygen atoms in total. The summed E-state index contributed by atoms with van der Waals surface area (Å²) in [5, 5.41) is 35.1. The highest BCUT2D eigenvalue weighted by Crippen LogP contribution is 2.32. The lowest BCUT2D eigenvalue weighted by atomic mass is 10.0. The molecule has 0 fully saturated rings. The molecule has 5 N–H and O–H groups in total. The average Bonchev–Trinajstić information content (AvgIpc) is 2.60. The van der Waals surface area contributed by atoms with Gasteiger partial charge in [0.25, 0.3) is 0 Å². The number of aliphatic carboxylic acids is 1. The van der Waals surface area contributed by atoms with E-state index in [1.54, 1.807) is 24.3 Å². The predicted octanol–water partition coefficient (Wildman–Crippen LogP) is 3.45. The fourth-order valence-electron chi connectivity index (χ4n) is 2.62. The highest BCUT2D eigenvalue weighted by atomic mass is 35.5. The quantitative estimate of drug-likeness (QED) is 0.432. The molecule has 2 aromatic carbocycles. The van der Waals surface area contributed by atoms with E-state index in [-0.39, 0.29) is 18.3 Å². The van der Waals surface area contributed by atoms with Crippen molar-refractivity contribution in [2.45, 2.75) is 25.5 Å². The molecule has 2 atom stereocenters. The highest BCUT2D eigenvalue weighted by Gasteiger charge is 2.16. The van der Waals surface area contributed by atoms with Crippen LogP contribution in [0.15, 0.2) is 36.4 Å². The van der Waals surface area contributed by atoms with Crippen LogP contribution in [0.1, 0.15) is 24.2 Å². The number of aliphatic hydroxyl groups excluding tert-OH is 1. The van der Waals surface area contributed by atoms with Crippen LogP contribution in [-0.4, -0.2) is 40.4 Å². The summed E-state index contributed by atoms with van der Waals surface area (Å²) in [7, 11) is 0. The Labute approximate surface area is 167 Å². The summed E-state index contributed by atoms with van der Waals surface area (Å²) in [5.74, 6) is -0.849. The average molecular weight is 413 g/mol. The zero-order chi connectivity index (χ0) is 20.0. The molecule has 0 spiro atoms. The number of hydrogen-bond donors (Lipinski definition) is 5. The highest BCUT2D eigenvalue weighted by molar-refractivity contribution is 6.39. The Kier molecular flexibility index (Phi) is 7.74. The van der Waals surface area contributed by atoms with Gasteiger partial charge in [-0.15, -0.1) is 0 Å². The molecule has 0 saturated heterocycles. The van der Waals surface area contributed by atoms with Crippen molar-refractivity contribution in [2.24, 2.45) is 0 Å². The van der Waals surface area contributed by atoms with Gasteiger partial charge in [-0.05, 0) is 55.3 Å². The van der Waals surface area contributed by atoms with E-state index in [0.29, 0.717) is 34.3 Å². The van der Waals surface area contributed by atoms with Gasteiger partial charge in [-0.3, -0.25) is 4.79 Å². The Balaban J connectivity index is 1.90. The number of halogens is 2. The molecule has 2 aromatic rings. The van der Waals surface area contributed by atoms with Crippen LogP contribution < -0.4 is 10.6 Å². The van der Waals surface area contributed by atoms with Crippen molar-refractivity contribution in [1.29, 1.82) is 0 Å². The van der Waals surface area contributed by atoms with E-state index in [1.807, 2.05) is 6.92 Å². The first kappa shape index (κ1) is 21.3. The van der Waals surface area contributed by atoms with Crippen molar-refractivity contribution in [3.05, 3.63) is 57.6 Å². The van der Waals surface area contributed by atoms with Gasteiger partial charge in [-0.1, -0.05) is 35.3 Å². The predicted molar refractivity (Wildman–Crippen MR) is 107 cm³/mol. The van der Waals surface area contributed by atoms with Crippen LogP contribution in [0, 0.1) is 0 Å². The van der Waals surface area contributed by atoms with Crippen LogP contribution in [0.3, 0.4) is 0 Å². The second kappa shape index (κ2) is 9.80. The largest absolute Gasteiger partial charge is 0.508 e. The van der Waals surface area contributed by atoms with Crippen molar-refractivity contribution in [2.75, 3.05) is 18.4 Å². The minimum atomic E-state index is -1.00. The molecule has 0 aliphatic rings. The third kappa shape index (κ3) is 6.29. The molecular formula is C19H22Cl2N2O4. The molecule has 0 aromatic heterocycles. The maximum atomic E-state index is 10.7. The molecule has 0 saturated carbocycles. The second-order valence-electron chi connectivity index (χ2n) is 6.21. The number of phenolic OH excluding ortho intramolecular Hbond substituents is 1. The van der Waals surface area contributed by atoms with Gasteiger partial charge in [0.15, 0.2) is 0 Å². The van der Waals surface area contributed by atoms with E-state index in [2.05, 4.69) is 10.6 Å². The molecule has 2 rings (SSSR count). The number of phenols is 1. The lowest BCUT2D eigenvalue weighted by Crippen LogP contribution is -2.33. The van der Waals surface area contributed by atoms with Crippen LogP contribution in [0.5, 0.6) is 5.75 Å². The fourth-order valence-corrected chi connectivity index (χ4v) is 3.28. The van der Waals surface area contributed by atoms with Gasteiger partial charge in [0.1, 0.15) is 12.3 Å². The molecule has 146 valence electrons. The zero-order valence-electron chi connectivity index (χ0n) is 14.7. The Bertz CT molecular complexity index is 761. The molecule has 0 heterocycles. The maximum absolute atomic E-state index is 10.7. The van der Waals surface area contributed by atoms with Crippen LogP contribution in [0.2, 0.25) is 10.0 Å². The number of benzene rings is 2. The number of rotatable bonds is 9. The van der Waals surface area contributed by atoms with Gasteiger partial charge in [0.2, 0.25) is 0 Å². The van der Waals surface area contributed by atoms with E-state index >= 15 is 0 Å². The van der Waals surface area contributed by atoms with Crippen molar-refractivity contribution >= 4 is 34.9 Å². The zero-order valence-corrected chi connectivity index (χ0v) is 16.3. The monoisotopic (exact) mass is 412 g/mol. The van der Waals surface area contributed by atoms with E-state index in [9.17, 15) is 15.0 Å². The standard InChI is InChI=1S/C19H22Cl2N2O4/c1-11(19(27)13-2-4-14(24)5-3-13)22-7-6-12-8-15(20)18(16(21)9-12)23-10-17(25)26/h2-5,8-9,11,19,22-24,27H,6-7,10H2,1H3,(H,25,26)/t11-,19+/m0/s1. The fraction of sp³-hybridized carbons (Fsp3) is 0.316. The third-order valence-electron chi connectivity index (χ3n) is 4.11. The van der Waals surface area contributed by atoms with E-state index in [4.69, 9.17) is 28.3 Å². The second-order valence-corrected chi connectivity index (χ2v) is 7.03. The first-order chi connectivity index (χ1) is 12.8. The summed E-state index contributed by atoms with van der Waals surface area (Å²) in [6.07, 6.45) is -0.0777. The number of carboxylic acid groups (broad SMARTS) is 1. The molecule has 0 amide bonds. The summed E-state index contributed by atoms with van der Waals surface area (Å²) in [6.45, 7) is 2.19. The van der Waals surface area contributed by atoms with Crippen LogP contribution in [0.4, 0.5) is 5.69 Å². The number of carboxylic acids is 1. The number of carbonyl (C=O) groups is 1. The van der Waals surface area contributed by atoms with Gasteiger partial charge in [-0.2, -0.15) is 0 Å². The van der Waals surface area contributed by atoms with Crippen LogP contribution >= 0.6 is 23.2 Å². The van der Waals surface area contributed by atoms with Crippen molar-refractivity contribution in [1.82, 2.24) is 5.32 Å². The van der Waals surface area contributed by atoms with Gasteiger partial charge >= 0.3 is 5.97 Å². The van der Waals surface area contributed by atoms with Crippen LogP contribution in [-0.2, 0) is 11.2 Å². The van der Waals surface area contributed by atoms with Gasteiger partial charge < -0.3 is 26.0 Å². The van der Waals surface area contributed by atoms with Crippen molar-refractivity contribution < 1.29 is 20.1 Å². The molecule has 0 unspecified atom stereocenters. The number of anilines is 1. The minimum absolute atomic E-state index is 0.154. The lowest BCUT2D eigenvalue weighted by molar-refractivity contribution is -0.134. The van der Waals surface area contributed by atoms with E-state index < -0.39 is 12.1 Å². The SMILES string of the molecule is C[C@H](NCCc1cc(Cl)c(NCC(=O)O)c(Cl)c1)[C@@H](O)c1ccc(O)cc1. The number of nitrogens with one attached hydrogen (secondary N) is 2. The Hall–Kier alpha value is -1.99. The summed E-state index contributed by atoms with van der Waals surface area (Å²) in [5.41, 5.74) is 2.01. The third-order valence-corrected chi connectivity index (χ3v) is 4.70. The minimum Gasteiger partial charge on any atom is -0.508 e. The number of aliphatic hydroxyl groups is 1. The topological polar surface area (TPSA) is 102 Å². The summed E-state index contributed by atoms with van der Waals surface area (Å²) >= 11 is 12.4. The lowest BCUT2D eigenvalue weighted by Gasteiger charge is -2.21. The van der Waals surface area contributed by atoms with Crippen LogP contribution in [0.25, 0.3) is 0 Å². The Morgan fingerprint density at radius 1 is 1.15 bits per heavy atom. The molecule has 0 radical (unpaired) electrons. The smallest absolute Gasteiger partial charge is 0.322 e. The van der Waals surface area contributed by atoms with Gasteiger partial charge in [0, 0.05) is 6.04 Å². The number of aromatic hydroxyl groups is 1. The first-order valence-electron chi connectivity index (χ1n) is 8.42. The van der Waals surface area contributed by atoms with Gasteiger partial charge in [0.05, 0.1) is 21.8 Å². The normalized spacial score (nSPS) is 13.2. The summed E-state index contributed by atoms with van der Waals surface area (Å²) < 4.78 is 0. The molecule has 0 aliphatic carbocycles. The Morgan fingerprint density at radius 2 is 1.74 bits per heavy atom. The van der Waals surface area contributed by atoms with Gasteiger partial charge in [-0.25, -0.2) is 0 Å². The molecule has 27 heavy (non-hydrogen) atoms. The summed E-state index contributed by atoms with van der Waals surface area (Å²) in [6, 6.07) is 9.71. The molecule has 0 bridgehead atoms. The van der Waals surface area contributed by atoms with E-state index in [1.165, 1.54) is 12.1 Å².